The van der Waals surface area contributed by atoms with Crippen LogP contribution >= 0.6 is 31.9 Å². The third kappa shape index (κ3) is 3.09. The molecule has 84 valence electrons. The molecule has 0 aliphatic carbocycles. The molecule has 0 fully saturated rings. The third-order valence-corrected chi connectivity index (χ3v) is 2.73. The lowest BCUT2D eigenvalue weighted by molar-refractivity contribution is 0.266. The lowest BCUT2D eigenvalue weighted by Crippen LogP contribution is -1.94. The van der Waals surface area contributed by atoms with Gasteiger partial charge in [-0.15, -0.1) is 0 Å². The summed E-state index contributed by atoms with van der Waals surface area (Å²) in [5, 5.41) is 0. The Balaban J connectivity index is 2.04. The second-order valence-electron chi connectivity index (χ2n) is 3.10. The second kappa shape index (κ2) is 5.01. The molecule has 0 saturated heterocycles. The standard InChI is InChI=1S/C11H7Br2FO2/c12-7-3-8(14)5-10(4-7)15-6-9-1-2-11(13)16-9/h1-5H,6H2. The Morgan fingerprint density at radius 1 is 1.19 bits per heavy atom. The summed E-state index contributed by atoms with van der Waals surface area (Å²) in [6, 6.07) is 7.96. The van der Waals surface area contributed by atoms with Crippen molar-refractivity contribution in [3.63, 3.8) is 0 Å². The van der Waals surface area contributed by atoms with Gasteiger partial charge in [0.05, 0.1) is 0 Å². The zero-order chi connectivity index (χ0) is 11.5. The van der Waals surface area contributed by atoms with Crippen molar-refractivity contribution in [2.75, 3.05) is 0 Å². The van der Waals surface area contributed by atoms with E-state index < -0.39 is 0 Å². The highest BCUT2D eigenvalue weighted by molar-refractivity contribution is 9.10. The van der Waals surface area contributed by atoms with Crippen LogP contribution in [0.2, 0.25) is 0 Å². The van der Waals surface area contributed by atoms with Crippen LogP contribution in [0.5, 0.6) is 5.75 Å². The fourth-order valence-corrected chi connectivity index (χ4v) is 1.98. The van der Waals surface area contributed by atoms with Crippen LogP contribution in [0.25, 0.3) is 0 Å². The van der Waals surface area contributed by atoms with E-state index in [2.05, 4.69) is 31.9 Å². The van der Waals surface area contributed by atoms with Crippen LogP contribution in [0.4, 0.5) is 4.39 Å². The van der Waals surface area contributed by atoms with Gasteiger partial charge in [0.15, 0.2) is 4.67 Å². The van der Waals surface area contributed by atoms with Crippen molar-refractivity contribution in [2.24, 2.45) is 0 Å². The first kappa shape index (κ1) is 11.7. The first-order valence-electron chi connectivity index (χ1n) is 4.46. The number of halogens is 3. The maximum atomic E-state index is 13.0. The van der Waals surface area contributed by atoms with Gasteiger partial charge in [0.2, 0.25) is 0 Å². The Morgan fingerprint density at radius 2 is 2.00 bits per heavy atom. The number of ether oxygens (including phenoxy) is 1. The highest BCUT2D eigenvalue weighted by atomic mass is 79.9. The fraction of sp³-hybridized carbons (Fsp3) is 0.0909. The average molecular weight is 350 g/mol. The summed E-state index contributed by atoms with van der Waals surface area (Å²) in [5.41, 5.74) is 0. The maximum Gasteiger partial charge on any atom is 0.169 e. The Kier molecular flexibility index (Phi) is 3.66. The zero-order valence-electron chi connectivity index (χ0n) is 8.04. The first-order chi connectivity index (χ1) is 7.63. The van der Waals surface area contributed by atoms with Crippen LogP contribution in [0.1, 0.15) is 5.76 Å². The van der Waals surface area contributed by atoms with Gasteiger partial charge in [0, 0.05) is 10.5 Å². The Hall–Kier alpha value is -0.810. The third-order valence-electron chi connectivity index (χ3n) is 1.85. The topological polar surface area (TPSA) is 22.4 Å². The molecule has 0 spiro atoms. The minimum Gasteiger partial charge on any atom is -0.486 e. The van der Waals surface area contributed by atoms with Crippen LogP contribution in [0.15, 0.2) is 43.9 Å². The molecule has 2 aromatic rings. The lowest BCUT2D eigenvalue weighted by atomic mass is 10.3. The summed E-state index contributed by atoms with van der Waals surface area (Å²) in [5.74, 6) is 0.789. The van der Waals surface area contributed by atoms with E-state index in [1.165, 1.54) is 12.1 Å². The van der Waals surface area contributed by atoms with Gasteiger partial charge in [-0.2, -0.15) is 0 Å². The number of benzene rings is 1. The Labute approximate surface area is 109 Å². The fourth-order valence-electron chi connectivity index (χ4n) is 1.20. The molecular formula is C11H7Br2FO2. The molecule has 16 heavy (non-hydrogen) atoms. The summed E-state index contributed by atoms with van der Waals surface area (Å²) >= 11 is 6.38. The van der Waals surface area contributed by atoms with Gasteiger partial charge in [0.1, 0.15) is 23.9 Å². The number of rotatable bonds is 3. The summed E-state index contributed by atoms with van der Waals surface area (Å²) < 4.78 is 24.9. The smallest absolute Gasteiger partial charge is 0.169 e. The van der Waals surface area contributed by atoms with Gasteiger partial charge in [-0.05, 0) is 40.2 Å². The van der Waals surface area contributed by atoms with Gasteiger partial charge in [0.25, 0.3) is 0 Å². The van der Waals surface area contributed by atoms with Crippen molar-refractivity contribution >= 4 is 31.9 Å². The molecular weight excluding hydrogens is 343 g/mol. The van der Waals surface area contributed by atoms with Crippen molar-refractivity contribution in [2.45, 2.75) is 6.61 Å². The van der Waals surface area contributed by atoms with Crippen molar-refractivity contribution in [3.8, 4) is 5.75 Å². The molecule has 0 N–H and O–H groups in total. The largest absolute Gasteiger partial charge is 0.486 e. The van der Waals surface area contributed by atoms with Gasteiger partial charge in [-0.3, -0.25) is 0 Å². The van der Waals surface area contributed by atoms with E-state index in [-0.39, 0.29) is 12.4 Å². The normalized spacial score (nSPS) is 10.4. The molecule has 2 nitrogen and oxygen atoms in total. The molecule has 0 bridgehead atoms. The predicted octanol–water partition coefficient (Wildman–Crippen LogP) is 4.52. The molecule has 0 atom stereocenters. The highest BCUT2D eigenvalue weighted by Crippen LogP contribution is 2.22. The van der Waals surface area contributed by atoms with Gasteiger partial charge in [-0.1, -0.05) is 15.9 Å². The summed E-state index contributed by atoms with van der Waals surface area (Å²) in [6.45, 7) is 0.265. The summed E-state index contributed by atoms with van der Waals surface area (Å²) in [7, 11) is 0. The minimum atomic E-state index is -0.343. The molecule has 0 unspecified atom stereocenters. The SMILES string of the molecule is Fc1cc(Br)cc(OCc2ccc(Br)o2)c1. The van der Waals surface area contributed by atoms with E-state index in [1.54, 1.807) is 18.2 Å². The van der Waals surface area contributed by atoms with E-state index in [0.717, 1.165) is 0 Å². The molecule has 0 radical (unpaired) electrons. The minimum absolute atomic E-state index is 0.265. The van der Waals surface area contributed by atoms with E-state index in [9.17, 15) is 4.39 Å². The number of hydrogen-bond acceptors (Lipinski definition) is 2. The van der Waals surface area contributed by atoms with Crippen LogP contribution in [-0.4, -0.2) is 0 Å². The highest BCUT2D eigenvalue weighted by Gasteiger charge is 2.03. The summed E-state index contributed by atoms with van der Waals surface area (Å²) in [6.07, 6.45) is 0. The molecule has 1 aromatic carbocycles. The number of hydrogen-bond donors (Lipinski definition) is 0. The molecule has 2 rings (SSSR count). The molecule has 0 amide bonds. The second-order valence-corrected chi connectivity index (χ2v) is 4.80. The molecule has 0 saturated carbocycles. The van der Waals surface area contributed by atoms with Gasteiger partial charge < -0.3 is 9.15 Å². The van der Waals surface area contributed by atoms with Crippen molar-refractivity contribution in [1.29, 1.82) is 0 Å². The van der Waals surface area contributed by atoms with Crippen LogP contribution < -0.4 is 4.74 Å². The average Bonchev–Trinajstić information content (AvgIpc) is 2.60. The van der Waals surface area contributed by atoms with Gasteiger partial charge >= 0.3 is 0 Å². The van der Waals surface area contributed by atoms with Crippen molar-refractivity contribution in [3.05, 3.63) is 51.1 Å². The van der Waals surface area contributed by atoms with E-state index >= 15 is 0 Å². The van der Waals surface area contributed by atoms with Crippen LogP contribution in [-0.2, 0) is 6.61 Å². The quantitative estimate of drug-likeness (QED) is 0.812. The molecule has 1 heterocycles. The van der Waals surface area contributed by atoms with E-state index in [1.807, 2.05) is 0 Å². The van der Waals surface area contributed by atoms with Crippen molar-refractivity contribution in [1.82, 2.24) is 0 Å². The first-order valence-corrected chi connectivity index (χ1v) is 6.05. The van der Waals surface area contributed by atoms with E-state index in [4.69, 9.17) is 9.15 Å². The number of furan rings is 1. The predicted molar refractivity (Wildman–Crippen MR) is 64.8 cm³/mol. The van der Waals surface area contributed by atoms with E-state index in [0.29, 0.717) is 20.7 Å². The van der Waals surface area contributed by atoms with Crippen LogP contribution in [0, 0.1) is 5.82 Å². The Morgan fingerprint density at radius 3 is 2.62 bits per heavy atom. The lowest BCUT2D eigenvalue weighted by Gasteiger charge is -2.04. The summed E-state index contributed by atoms with van der Waals surface area (Å²) in [4.78, 5) is 0. The zero-order valence-corrected chi connectivity index (χ0v) is 11.2. The molecule has 5 heteroatoms. The molecule has 0 aliphatic rings. The monoisotopic (exact) mass is 348 g/mol. The molecule has 0 aliphatic heterocycles. The van der Waals surface area contributed by atoms with Crippen LogP contribution in [0.3, 0.4) is 0 Å². The van der Waals surface area contributed by atoms with Crippen molar-refractivity contribution < 1.29 is 13.5 Å². The Bertz CT molecular complexity index is 476. The van der Waals surface area contributed by atoms with Gasteiger partial charge in [-0.25, -0.2) is 4.39 Å². The maximum absolute atomic E-state index is 13.0. The molecule has 1 aromatic heterocycles.